The van der Waals surface area contributed by atoms with E-state index in [2.05, 4.69) is 5.32 Å². The Bertz CT molecular complexity index is 862. The van der Waals surface area contributed by atoms with E-state index in [4.69, 9.17) is 5.73 Å². The second-order valence-electron chi connectivity index (χ2n) is 6.73. The minimum atomic E-state index is -0.675. The van der Waals surface area contributed by atoms with Gasteiger partial charge in [0.2, 0.25) is 5.91 Å². The van der Waals surface area contributed by atoms with Gasteiger partial charge in [0.15, 0.2) is 0 Å². The number of rotatable bonds is 5. The molecular weight excluding hydrogens is 335 g/mol. The minimum Gasteiger partial charge on any atom is -0.507 e. The van der Waals surface area contributed by atoms with Crippen LogP contribution in [-0.4, -0.2) is 23.0 Å². The van der Waals surface area contributed by atoms with Crippen molar-refractivity contribution in [2.24, 2.45) is 11.7 Å². The lowest BCUT2D eigenvalue weighted by molar-refractivity contribution is 0.0929. The topological polar surface area (TPSA) is 92.4 Å². The van der Waals surface area contributed by atoms with Gasteiger partial charge in [-0.3, -0.25) is 9.59 Å². The molecule has 0 saturated heterocycles. The number of carbonyl (C=O) groups is 2. The highest BCUT2D eigenvalue weighted by Crippen LogP contribution is 2.34. The number of hydrogen-bond donors (Lipinski definition) is 3. The van der Waals surface area contributed by atoms with Crippen LogP contribution in [0, 0.1) is 18.7 Å². The highest BCUT2D eigenvalue weighted by Gasteiger charge is 2.18. The number of benzene rings is 2. The van der Waals surface area contributed by atoms with Crippen LogP contribution in [0.5, 0.6) is 5.75 Å². The first kappa shape index (κ1) is 19.4. The number of amides is 2. The van der Waals surface area contributed by atoms with E-state index >= 15 is 0 Å². The van der Waals surface area contributed by atoms with Crippen molar-refractivity contribution in [2.75, 3.05) is 0 Å². The standard InChI is InChI=1S/C20H23FN2O3/c1-10(2)12(4)23-20(26)14-7-16(11(3)17(21)8-14)15-6-5-13(19(22)25)9-18(15)24/h5-10,12,24H,1-4H3,(H2,22,25)(H,23,26)/t12-/m1/s1. The highest BCUT2D eigenvalue weighted by molar-refractivity contribution is 5.97. The van der Waals surface area contributed by atoms with Crippen LogP contribution >= 0.6 is 0 Å². The zero-order valence-electron chi connectivity index (χ0n) is 15.3. The van der Waals surface area contributed by atoms with Crippen LogP contribution in [-0.2, 0) is 0 Å². The zero-order chi connectivity index (χ0) is 19.6. The Kier molecular flexibility index (Phi) is 5.65. The monoisotopic (exact) mass is 358 g/mol. The van der Waals surface area contributed by atoms with Gasteiger partial charge in [-0.15, -0.1) is 0 Å². The Morgan fingerprint density at radius 3 is 2.27 bits per heavy atom. The quantitative estimate of drug-likeness (QED) is 0.765. The fourth-order valence-corrected chi connectivity index (χ4v) is 2.46. The first-order valence-electron chi connectivity index (χ1n) is 8.36. The summed E-state index contributed by atoms with van der Waals surface area (Å²) >= 11 is 0. The summed E-state index contributed by atoms with van der Waals surface area (Å²) in [4.78, 5) is 23.7. The Labute approximate surface area is 152 Å². The van der Waals surface area contributed by atoms with E-state index in [-0.39, 0.29) is 34.7 Å². The molecule has 4 N–H and O–H groups in total. The van der Waals surface area contributed by atoms with Crippen molar-refractivity contribution in [3.63, 3.8) is 0 Å². The molecule has 2 amide bonds. The van der Waals surface area contributed by atoms with E-state index < -0.39 is 11.7 Å². The van der Waals surface area contributed by atoms with Crippen LogP contribution in [0.15, 0.2) is 30.3 Å². The third-order valence-corrected chi connectivity index (χ3v) is 4.54. The number of nitrogens with two attached hydrogens (primary N) is 1. The Hall–Kier alpha value is -2.89. The van der Waals surface area contributed by atoms with Crippen molar-refractivity contribution in [1.82, 2.24) is 5.32 Å². The number of carbonyl (C=O) groups excluding carboxylic acids is 2. The summed E-state index contributed by atoms with van der Waals surface area (Å²) < 4.78 is 14.4. The molecule has 0 aliphatic carbocycles. The van der Waals surface area contributed by atoms with Crippen LogP contribution in [0.2, 0.25) is 0 Å². The van der Waals surface area contributed by atoms with Gasteiger partial charge < -0.3 is 16.2 Å². The second kappa shape index (κ2) is 7.56. The Morgan fingerprint density at radius 2 is 1.73 bits per heavy atom. The van der Waals surface area contributed by atoms with E-state index in [0.717, 1.165) is 0 Å². The third-order valence-electron chi connectivity index (χ3n) is 4.54. The lowest BCUT2D eigenvalue weighted by atomic mass is 9.95. The molecule has 2 rings (SSSR count). The number of halogens is 1. The molecule has 0 aliphatic rings. The summed E-state index contributed by atoms with van der Waals surface area (Å²) in [5, 5.41) is 13.1. The summed E-state index contributed by atoms with van der Waals surface area (Å²) in [6.45, 7) is 7.39. The van der Waals surface area contributed by atoms with Crippen LogP contribution < -0.4 is 11.1 Å². The van der Waals surface area contributed by atoms with Gasteiger partial charge in [0.25, 0.3) is 5.91 Å². The summed E-state index contributed by atoms with van der Waals surface area (Å²) in [5.74, 6) is -1.59. The second-order valence-corrected chi connectivity index (χ2v) is 6.73. The van der Waals surface area contributed by atoms with Crippen LogP contribution in [0.3, 0.4) is 0 Å². The fraction of sp³-hybridized carbons (Fsp3) is 0.300. The van der Waals surface area contributed by atoms with Gasteiger partial charge in [-0.2, -0.15) is 0 Å². The molecule has 0 heterocycles. The van der Waals surface area contributed by atoms with Gasteiger partial charge in [0.05, 0.1) is 0 Å². The number of primary amides is 1. The van der Waals surface area contributed by atoms with Gasteiger partial charge in [-0.25, -0.2) is 4.39 Å². The first-order chi connectivity index (χ1) is 12.1. The summed E-state index contributed by atoms with van der Waals surface area (Å²) in [7, 11) is 0. The van der Waals surface area contributed by atoms with Crippen molar-refractivity contribution in [3.8, 4) is 16.9 Å². The molecule has 2 aromatic carbocycles. The lowest BCUT2D eigenvalue weighted by Gasteiger charge is -2.18. The van der Waals surface area contributed by atoms with Gasteiger partial charge in [0, 0.05) is 22.7 Å². The lowest BCUT2D eigenvalue weighted by Crippen LogP contribution is -2.36. The SMILES string of the molecule is Cc1c(F)cc(C(=O)N[C@H](C)C(C)C)cc1-c1ccc(C(N)=O)cc1O. The van der Waals surface area contributed by atoms with E-state index in [1.807, 2.05) is 20.8 Å². The molecule has 0 spiro atoms. The smallest absolute Gasteiger partial charge is 0.251 e. The maximum Gasteiger partial charge on any atom is 0.251 e. The number of phenolic OH excluding ortho intramolecular Hbond substituents is 1. The molecular formula is C20H23FN2O3. The van der Waals surface area contributed by atoms with Gasteiger partial charge in [-0.1, -0.05) is 13.8 Å². The van der Waals surface area contributed by atoms with Crippen molar-refractivity contribution in [1.29, 1.82) is 0 Å². The molecule has 0 saturated carbocycles. The van der Waals surface area contributed by atoms with E-state index in [1.165, 1.54) is 30.3 Å². The number of aromatic hydroxyl groups is 1. The molecule has 0 radical (unpaired) electrons. The third kappa shape index (κ3) is 4.02. The number of nitrogens with one attached hydrogen (secondary N) is 1. The number of hydrogen-bond acceptors (Lipinski definition) is 3. The zero-order valence-corrected chi connectivity index (χ0v) is 15.3. The average Bonchev–Trinajstić information content (AvgIpc) is 2.57. The molecule has 6 heteroatoms. The summed E-state index contributed by atoms with van der Waals surface area (Å²) in [6.07, 6.45) is 0. The maximum atomic E-state index is 14.4. The van der Waals surface area contributed by atoms with Crippen LogP contribution in [0.4, 0.5) is 4.39 Å². The fourth-order valence-electron chi connectivity index (χ4n) is 2.46. The molecule has 0 aromatic heterocycles. The van der Waals surface area contributed by atoms with Gasteiger partial charge in [0.1, 0.15) is 11.6 Å². The predicted octanol–water partition coefficient (Wildman–Crippen LogP) is 3.38. The number of phenols is 1. The molecule has 26 heavy (non-hydrogen) atoms. The molecule has 0 unspecified atom stereocenters. The molecule has 0 fully saturated rings. The summed E-state index contributed by atoms with van der Waals surface area (Å²) in [6, 6.07) is 6.79. The summed E-state index contributed by atoms with van der Waals surface area (Å²) in [5.41, 5.74) is 6.49. The molecule has 0 bridgehead atoms. The first-order valence-corrected chi connectivity index (χ1v) is 8.36. The van der Waals surface area contributed by atoms with E-state index in [1.54, 1.807) is 6.92 Å². The highest BCUT2D eigenvalue weighted by atomic mass is 19.1. The predicted molar refractivity (Wildman–Crippen MR) is 98.5 cm³/mol. The molecule has 0 aliphatic heterocycles. The Morgan fingerprint density at radius 1 is 1.08 bits per heavy atom. The van der Waals surface area contributed by atoms with Crippen molar-refractivity contribution >= 4 is 11.8 Å². The van der Waals surface area contributed by atoms with Crippen molar-refractivity contribution in [2.45, 2.75) is 33.7 Å². The largest absolute Gasteiger partial charge is 0.507 e. The average molecular weight is 358 g/mol. The van der Waals surface area contributed by atoms with Gasteiger partial charge in [-0.05, 0) is 61.2 Å². The maximum absolute atomic E-state index is 14.4. The normalized spacial score (nSPS) is 12.1. The van der Waals surface area contributed by atoms with Crippen molar-refractivity contribution < 1.29 is 19.1 Å². The van der Waals surface area contributed by atoms with E-state index in [9.17, 15) is 19.1 Å². The van der Waals surface area contributed by atoms with Crippen LogP contribution in [0.25, 0.3) is 11.1 Å². The Balaban J connectivity index is 2.49. The minimum absolute atomic E-state index is 0.0708. The molecule has 1 atom stereocenters. The molecule has 138 valence electrons. The van der Waals surface area contributed by atoms with Crippen LogP contribution in [0.1, 0.15) is 47.1 Å². The van der Waals surface area contributed by atoms with Gasteiger partial charge >= 0.3 is 0 Å². The van der Waals surface area contributed by atoms with Crippen molar-refractivity contribution in [3.05, 3.63) is 52.8 Å². The molecule has 2 aromatic rings. The van der Waals surface area contributed by atoms with E-state index in [0.29, 0.717) is 16.7 Å². The molecule has 5 nitrogen and oxygen atoms in total.